The molecule has 0 aliphatic rings. The van der Waals surface area contributed by atoms with Gasteiger partial charge in [0.2, 0.25) is 0 Å². The van der Waals surface area contributed by atoms with E-state index in [0.717, 1.165) is 0 Å². The third-order valence-corrected chi connectivity index (χ3v) is 58.5. The molecule has 3 heteroatoms. The van der Waals surface area contributed by atoms with E-state index < -0.39 is 36.8 Å². The van der Waals surface area contributed by atoms with Crippen LogP contribution in [0.5, 0.6) is 0 Å². The van der Waals surface area contributed by atoms with Gasteiger partial charge >= 0.3 is 233 Å². The maximum atomic E-state index is 3.37. The van der Waals surface area contributed by atoms with Gasteiger partial charge in [0.15, 0.2) is 0 Å². The molecule has 0 unspecified atom stereocenters. The Morgan fingerprint density at radius 2 is 0.818 bits per heavy atom. The fourth-order valence-electron chi connectivity index (χ4n) is 5.60. The molecule has 0 amide bonds. The van der Waals surface area contributed by atoms with Gasteiger partial charge in [-0.25, -0.2) is 0 Å². The van der Waals surface area contributed by atoms with Gasteiger partial charge in [-0.2, -0.15) is 0 Å². The van der Waals surface area contributed by atoms with Crippen molar-refractivity contribution in [3.63, 3.8) is 0 Å². The van der Waals surface area contributed by atoms with Crippen molar-refractivity contribution in [3.8, 4) is 0 Å². The summed E-state index contributed by atoms with van der Waals surface area (Å²) in [4.78, 5) is 0. The minimum atomic E-state index is -2.24. The summed E-state index contributed by atoms with van der Waals surface area (Å²) in [5, 5.41) is 0. The Balaban J connectivity index is 6.55. The topological polar surface area (TPSA) is 0 Å². The van der Waals surface area contributed by atoms with Gasteiger partial charge in [-0.05, 0) is 0 Å². The van der Waals surface area contributed by atoms with Gasteiger partial charge in [-0.3, -0.25) is 0 Å². The van der Waals surface area contributed by atoms with E-state index in [9.17, 15) is 0 Å². The quantitative estimate of drug-likeness (QED) is 0.0676. The van der Waals surface area contributed by atoms with Crippen LogP contribution >= 0.6 is 0 Å². The van der Waals surface area contributed by atoms with Crippen LogP contribution in [0.2, 0.25) is 31.1 Å². The molecule has 0 heterocycles. The summed E-state index contributed by atoms with van der Waals surface area (Å²) in [6.45, 7) is 17.2. The molecule has 0 aliphatic heterocycles. The van der Waals surface area contributed by atoms with Crippen molar-refractivity contribution >= 4 is 57.9 Å². The van der Waals surface area contributed by atoms with E-state index in [0.29, 0.717) is 0 Å². The van der Waals surface area contributed by atoms with Crippen molar-refractivity contribution in [2.45, 2.75) is 169 Å². The first-order valence-corrected chi connectivity index (χ1v) is 34.1. The Morgan fingerprint density at radius 1 is 0.485 bits per heavy atom. The van der Waals surface area contributed by atoms with Gasteiger partial charge in [0.1, 0.15) is 0 Å². The van der Waals surface area contributed by atoms with Crippen molar-refractivity contribution in [3.05, 3.63) is 5.70 Å². The fourth-order valence-corrected chi connectivity index (χ4v) is 73.9. The van der Waals surface area contributed by atoms with Crippen LogP contribution in [0.15, 0.2) is 5.70 Å². The fraction of sp³-hybridized carbons (Fsp3) is 0.933. The molecule has 2 radical (unpaired) electrons. The molecule has 0 aromatic carbocycles. The number of hydrogen-bond donors (Lipinski definition) is 0. The molecule has 0 saturated carbocycles. The zero-order valence-corrected chi connectivity index (χ0v) is 33.0. The molecule has 0 fully saturated rings. The van der Waals surface area contributed by atoms with Crippen molar-refractivity contribution < 1.29 is 0 Å². The van der Waals surface area contributed by atoms with Crippen LogP contribution < -0.4 is 0 Å². The molecule has 0 atom stereocenters. The molecule has 0 spiro atoms. The summed E-state index contributed by atoms with van der Waals surface area (Å²) in [5.41, 5.74) is 0. The summed E-state index contributed by atoms with van der Waals surface area (Å²) < 4.78 is 17.7. The van der Waals surface area contributed by atoms with Crippen molar-refractivity contribution in [2.24, 2.45) is 0 Å². The van der Waals surface area contributed by atoms with Gasteiger partial charge in [0, 0.05) is 0 Å². The summed E-state index contributed by atoms with van der Waals surface area (Å²) in [6, 6.07) is 0. The summed E-state index contributed by atoms with van der Waals surface area (Å²) in [7, 11) is 0. The second kappa shape index (κ2) is 23.3. The summed E-state index contributed by atoms with van der Waals surface area (Å²) in [5.74, 6) is 0. The minimum absolute atomic E-state index is 0.360. The monoisotopic (exact) mass is 784 g/mol. The Bertz CT molecular complexity index is 414. The van der Waals surface area contributed by atoms with E-state index in [2.05, 4.69) is 54.2 Å². The molecule has 196 valence electrons. The van der Waals surface area contributed by atoms with Gasteiger partial charge in [-0.15, -0.1) is 0 Å². The first-order valence-electron chi connectivity index (χ1n) is 15.5. The number of rotatable bonds is 24. The zero-order chi connectivity index (χ0) is 24.8. The van der Waals surface area contributed by atoms with Crippen LogP contribution in [0.4, 0.5) is 0 Å². The standard InChI is InChI=1S/7C4H9.C2H.3Sn/c7*1-3-4-2;1-2;;;/h7*1,3-4H2,2H3;1H;;;. The predicted octanol–water partition coefficient (Wildman–Crippen LogP) is 11.6. The Morgan fingerprint density at radius 3 is 1.15 bits per heavy atom. The molecular weight excluding hydrogens is 716 g/mol. The van der Waals surface area contributed by atoms with E-state index in [1.165, 1.54) is 70.6 Å². The van der Waals surface area contributed by atoms with Gasteiger partial charge in [0.05, 0.1) is 0 Å². The molecule has 0 rings (SSSR count). The average Bonchev–Trinajstić information content (AvgIpc) is 2.84. The molecule has 0 aromatic heterocycles. The van der Waals surface area contributed by atoms with E-state index in [4.69, 9.17) is 0 Å². The first-order chi connectivity index (χ1) is 16.0. The second-order valence-electron chi connectivity index (χ2n) is 11.1. The second-order valence-corrected chi connectivity index (χ2v) is 45.2. The SMILES string of the molecule is CCC[CH2][Sn][C](=[CH][Sn]([CH2]CCC)([CH2]CCC)[CH2]CCC)[Sn]([CH2]CCC)([CH2]CCC)[CH2]CCC. The van der Waals surface area contributed by atoms with Crippen LogP contribution in [-0.4, -0.2) is 57.9 Å². The molecule has 0 saturated heterocycles. The predicted molar refractivity (Wildman–Crippen MR) is 163 cm³/mol. The van der Waals surface area contributed by atoms with Crippen molar-refractivity contribution in [1.29, 1.82) is 0 Å². The van der Waals surface area contributed by atoms with Gasteiger partial charge < -0.3 is 0 Å². The van der Waals surface area contributed by atoms with Crippen LogP contribution in [0.1, 0.15) is 138 Å². The van der Waals surface area contributed by atoms with E-state index >= 15 is 0 Å². The normalized spacial score (nSPS) is 13.1. The van der Waals surface area contributed by atoms with Crippen LogP contribution in [0.3, 0.4) is 0 Å². The maximum absolute atomic E-state index is 3.37. The van der Waals surface area contributed by atoms with E-state index in [1.807, 2.05) is 0 Å². The average molecular weight is 781 g/mol. The van der Waals surface area contributed by atoms with Crippen molar-refractivity contribution in [1.82, 2.24) is 0 Å². The molecule has 0 aliphatic carbocycles. The number of unbranched alkanes of at least 4 members (excludes halogenated alkanes) is 7. The Kier molecular flexibility index (Phi) is 24.8. The third kappa shape index (κ3) is 15.2. The van der Waals surface area contributed by atoms with Gasteiger partial charge in [0.25, 0.3) is 0 Å². The summed E-state index contributed by atoms with van der Waals surface area (Å²) in [6.07, 6.45) is 20.8. The molecule has 0 bridgehead atoms. The van der Waals surface area contributed by atoms with Crippen LogP contribution in [0, 0.1) is 0 Å². The molecule has 33 heavy (non-hydrogen) atoms. The van der Waals surface area contributed by atoms with E-state index in [-0.39, 0.29) is 21.1 Å². The van der Waals surface area contributed by atoms with Crippen LogP contribution in [-0.2, 0) is 0 Å². The molecule has 0 nitrogen and oxygen atoms in total. The Hall–Kier alpha value is 2.14. The molecule has 0 aromatic rings. The van der Waals surface area contributed by atoms with Gasteiger partial charge in [-0.1, -0.05) is 0 Å². The van der Waals surface area contributed by atoms with Crippen molar-refractivity contribution in [2.75, 3.05) is 0 Å². The number of hydrogen-bond acceptors (Lipinski definition) is 0. The zero-order valence-electron chi connectivity index (χ0n) is 24.4. The Labute approximate surface area is 230 Å². The molecular formula is C30H64Sn3. The van der Waals surface area contributed by atoms with E-state index in [1.54, 1.807) is 50.3 Å². The first kappa shape index (κ1) is 35.1. The summed E-state index contributed by atoms with van der Waals surface area (Å²) >= 11 is -4.81. The third-order valence-electron chi connectivity index (χ3n) is 7.98. The molecule has 0 N–H and O–H groups in total. The van der Waals surface area contributed by atoms with Crippen LogP contribution in [0.25, 0.3) is 0 Å².